The van der Waals surface area contributed by atoms with Gasteiger partial charge in [-0.25, -0.2) is 8.42 Å². The molecule has 5 nitrogen and oxygen atoms in total. The van der Waals surface area contributed by atoms with E-state index in [9.17, 15) is 13.2 Å². The molecule has 0 aliphatic rings. The molecule has 6 heteroatoms. The van der Waals surface area contributed by atoms with Crippen molar-refractivity contribution in [2.45, 2.75) is 36.6 Å². The highest BCUT2D eigenvalue weighted by molar-refractivity contribution is 7.91. The van der Waals surface area contributed by atoms with Gasteiger partial charge in [0.15, 0.2) is 0 Å². The molecule has 0 heterocycles. The summed E-state index contributed by atoms with van der Waals surface area (Å²) in [5.74, 6) is -0.324. The predicted molar refractivity (Wildman–Crippen MR) is 90.1 cm³/mol. The summed E-state index contributed by atoms with van der Waals surface area (Å²) < 4.78 is 25.3. The molecule has 1 amide bonds. The zero-order valence-electron chi connectivity index (χ0n) is 13.3. The van der Waals surface area contributed by atoms with Crippen LogP contribution in [0.1, 0.15) is 18.1 Å². The van der Waals surface area contributed by atoms with Crippen LogP contribution >= 0.6 is 0 Å². The van der Waals surface area contributed by atoms with Crippen LogP contribution in [0.4, 0.5) is 5.69 Å². The fourth-order valence-electron chi connectivity index (χ4n) is 2.20. The average molecular weight is 332 g/mol. The lowest BCUT2D eigenvalue weighted by Gasteiger charge is -2.10. The normalized spacial score (nSPS) is 12.7. The van der Waals surface area contributed by atoms with Gasteiger partial charge in [0.2, 0.25) is 15.7 Å². The lowest BCUT2D eigenvalue weighted by Crippen LogP contribution is -2.32. The van der Waals surface area contributed by atoms with E-state index in [1.807, 2.05) is 19.9 Å². The van der Waals surface area contributed by atoms with Crippen molar-refractivity contribution in [2.75, 3.05) is 5.32 Å². The molecule has 1 atom stereocenters. The molecule has 0 saturated heterocycles. The molecule has 0 saturated carbocycles. The van der Waals surface area contributed by atoms with Crippen LogP contribution in [0.5, 0.6) is 0 Å². The first-order chi connectivity index (χ1) is 10.7. The smallest absolute Gasteiger partial charge is 0.240 e. The van der Waals surface area contributed by atoms with Crippen LogP contribution in [0.15, 0.2) is 52.3 Å². The lowest BCUT2D eigenvalue weighted by atomic mass is 10.2. The van der Waals surface area contributed by atoms with Crippen molar-refractivity contribution in [1.82, 2.24) is 0 Å². The third-order valence-electron chi connectivity index (χ3n) is 3.35. The van der Waals surface area contributed by atoms with E-state index < -0.39 is 15.9 Å². The van der Waals surface area contributed by atoms with Gasteiger partial charge in [-0.1, -0.05) is 6.07 Å². The molecular weight excluding hydrogens is 312 g/mol. The van der Waals surface area contributed by atoms with E-state index >= 15 is 0 Å². The summed E-state index contributed by atoms with van der Waals surface area (Å²) in [6.45, 7) is 5.30. The number of nitrogens with two attached hydrogens (primary N) is 1. The van der Waals surface area contributed by atoms with Gasteiger partial charge in [0.25, 0.3) is 0 Å². The van der Waals surface area contributed by atoms with E-state index in [2.05, 4.69) is 5.32 Å². The molecule has 0 spiro atoms. The number of rotatable bonds is 4. The summed E-state index contributed by atoms with van der Waals surface area (Å²) >= 11 is 0. The Labute approximate surface area is 136 Å². The Balaban J connectivity index is 2.32. The molecule has 3 N–H and O–H groups in total. The summed E-state index contributed by atoms with van der Waals surface area (Å²) in [7, 11) is -3.58. The molecule has 0 aliphatic carbocycles. The van der Waals surface area contributed by atoms with Gasteiger partial charge >= 0.3 is 0 Å². The number of carbonyl (C=O) groups excluding carboxylic acids is 1. The third-order valence-corrected chi connectivity index (χ3v) is 5.10. The maximum Gasteiger partial charge on any atom is 0.240 e. The Morgan fingerprint density at radius 1 is 1.00 bits per heavy atom. The van der Waals surface area contributed by atoms with Crippen molar-refractivity contribution >= 4 is 21.4 Å². The van der Waals surface area contributed by atoms with E-state index in [1.165, 1.54) is 12.1 Å². The van der Waals surface area contributed by atoms with Crippen molar-refractivity contribution < 1.29 is 13.2 Å². The molecule has 0 radical (unpaired) electrons. The van der Waals surface area contributed by atoms with Gasteiger partial charge in [0.05, 0.1) is 15.8 Å². The lowest BCUT2D eigenvalue weighted by molar-refractivity contribution is -0.117. The summed E-state index contributed by atoms with van der Waals surface area (Å²) in [5.41, 5.74) is 7.77. The minimum absolute atomic E-state index is 0.182. The molecule has 0 aliphatic heterocycles. The second-order valence-corrected chi connectivity index (χ2v) is 7.58. The van der Waals surface area contributed by atoms with Gasteiger partial charge in [-0.3, -0.25) is 4.79 Å². The monoisotopic (exact) mass is 332 g/mol. The fourth-order valence-corrected chi connectivity index (χ4v) is 3.65. The number of benzene rings is 2. The first kappa shape index (κ1) is 17.2. The molecular formula is C17H20N2O3S. The van der Waals surface area contributed by atoms with Gasteiger partial charge in [-0.2, -0.15) is 0 Å². The van der Waals surface area contributed by atoms with E-state index in [0.717, 1.165) is 11.1 Å². The first-order valence-electron chi connectivity index (χ1n) is 7.20. The number of aryl methyl sites for hydroxylation is 2. The highest BCUT2D eigenvalue weighted by atomic mass is 32.2. The first-order valence-corrected chi connectivity index (χ1v) is 8.68. The second-order valence-electron chi connectivity index (χ2n) is 5.63. The molecule has 2 aromatic rings. The fraction of sp³-hybridized carbons (Fsp3) is 0.235. The summed E-state index contributed by atoms with van der Waals surface area (Å²) in [6.07, 6.45) is 0. The highest BCUT2D eigenvalue weighted by Crippen LogP contribution is 2.24. The number of anilines is 1. The van der Waals surface area contributed by atoms with Gasteiger partial charge in [0.1, 0.15) is 0 Å². The van der Waals surface area contributed by atoms with Crippen LogP contribution in [-0.2, 0) is 14.6 Å². The maximum atomic E-state index is 12.7. The zero-order valence-corrected chi connectivity index (χ0v) is 14.1. The van der Waals surface area contributed by atoms with Gasteiger partial charge in [-0.15, -0.1) is 0 Å². The van der Waals surface area contributed by atoms with Crippen LogP contribution in [0.3, 0.4) is 0 Å². The molecule has 23 heavy (non-hydrogen) atoms. The quantitative estimate of drug-likeness (QED) is 0.900. The van der Waals surface area contributed by atoms with Crippen LogP contribution in [0, 0.1) is 13.8 Å². The van der Waals surface area contributed by atoms with E-state index in [0.29, 0.717) is 5.69 Å². The Morgan fingerprint density at radius 3 is 2.00 bits per heavy atom. The number of carbonyl (C=O) groups is 1. The summed E-state index contributed by atoms with van der Waals surface area (Å²) in [4.78, 5) is 12.0. The second kappa shape index (κ2) is 6.52. The minimum atomic E-state index is -3.58. The Morgan fingerprint density at radius 2 is 1.52 bits per heavy atom. The van der Waals surface area contributed by atoms with Crippen LogP contribution in [0.25, 0.3) is 0 Å². The van der Waals surface area contributed by atoms with E-state index in [-0.39, 0.29) is 15.7 Å². The number of sulfone groups is 1. The largest absolute Gasteiger partial charge is 0.325 e. The Hall–Kier alpha value is -2.18. The number of hydrogen-bond donors (Lipinski definition) is 2. The molecule has 2 rings (SSSR count). The van der Waals surface area contributed by atoms with Crippen molar-refractivity contribution in [3.05, 3.63) is 53.6 Å². The SMILES string of the molecule is Cc1cc(C)cc(S(=O)(=O)c2ccc(NC(=O)C(C)N)cc2)c1. The molecule has 0 bridgehead atoms. The van der Waals surface area contributed by atoms with Crippen molar-refractivity contribution in [1.29, 1.82) is 0 Å². The topological polar surface area (TPSA) is 89.3 Å². The predicted octanol–water partition coefficient (Wildman–Crippen LogP) is 2.42. The minimum Gasteiger partial charge on any atom is -0.325 e. The maximum absolute atomic E-state index is 12.7. The van der Waals surface area contributed by atoms with Crippen LogP contribution in [0.2, 0.25) is 0 Å². The Kier molecular flexibility index (Phi) is 4.87. The van der Waals surface area contributed by atoms with Crippen LogP contribution in [-0.4, -0.2) is 20.4 Å². The van der Waals surface area contributed by atoms with Gasteiger partial charge in [-0.05, 0) is 68.3 Å². The highest BCUT2D eigenvalue weighted by Gasteiger charge is 2.18. The molecule has 1 unspecified atom stereocenters. The van der Waals surface area contributed by atoms with Gasteiger partial charge in [0, 0.05) is 5.69 Å². The molecule has 2 aromatic carbocycles. The van der Waals surface area contributed by atoms with Crippen LogP contribution < -0.4 is 11.1 Å². The third kappa shape index (κ3) is 3.97. The zero-order chi connectivity index (χ0) is 17.2. The van der Waals surface area contributed by atoms with Crippen molar-refractivity contribution in [3.8, 4) is 0 Å². The Bertz CT molecular complexity index is 805. The number of amides is 1. The summed E-state index contributed by atoms with van der Waals surface area (Å²) in [6, 6.07) is 10.6. The van der Waals surface area contributed by atoms with Gasteiger partial charge < -0.3 is 11.1 Å². The molecule has 0 fully saturated rings. The van der Waals surface area contributed by atoms with Crippen molar-refractivity contribution in [3.63, 3.8) is 0 Å². The standard InChI is InChI=1S/C17H20N2O3S/c1-11-8-12(2)10-16(9-11)23(21,22)15-6-4-14(5-7-15)19-17(20)13(3)18/h4-10,13H,18H2,1-3H3,(H,19,20). The number of nitrogens with one attached hydrogen (secondary N) is 1. The van der Waals surface area contributed by atoms with E-state index in [4.69, 9.17) is 5.73 Å². The van der Waals surface area contributed by atoms with Crippen molar-refractivity contribution in [2.24, 2.45) is 5.73 Å². The average Bonchev–Trinajstić information content (AvgIpc) is 2.46. The molecule has 122 valence electrons. The number of hydrogen-bond acceptors (Lipinski definition) is 4. The van der Waals surface area contributed by atoms with E-state index in [1.54, 1.807) is 31.2 Å². The summed E-state index contributed by atoms with van der Waals surface area (Å²) in [5, 5.41) is 2.62. The molecule has 0 aromatic heterocycles.